The van der Waals surface area contributed by atoms with Crippen molar-refractivity contribution in [1.29, 1.82) is 0 Å². The first kappa shape index (κ1) is 23.9. The van der Waals surface area contributed by atoms with Crippen LogP contribution in [0, 0.1) is 28.6 Å². The monoisotopic (exact) mass is 448 g/mol. The van der Waals surface area contributed by atoms with Gasteiger partial charge in [-0.25, -0.2) is 4.79 Å². The zero-order chi connectivity index (χ0) is 23.6. The van der Waals surface area contributed by atoms with E-state index in [1.54, 1.807) is 6.92 Å². The second-order valence-corrected chi connectivity index (χ2v) is 11.6. The van der Waals surface area contributed by atoms with E-state index in [1.807, 2.05) is 20.8 Å². The number of allylic oxidation sites excluding steroid dienone is 2. The molecule has 6 nitrogen and oxygen atoms in total. The molecule has 0 amide bonds. The van der Waals surface area contributed by atoms with Gasteiger partial charge in [0.25, 0.3) is 0 Å². The van der Waals surface area contributed by atoms with E-state index in [2.05, 4.69) is 13.0 Å². The number of carbonyl (C=O) groups is 1. The Morgan fingerprint density at radius 3 is 2.53 bits per heavy atom. The van der Waals surface area contributed by atoms with Crippen LogP contribution >= 0.6 is 0 Å². The van der Waals surface area contributed by atoms with Crippen LogP contribution in [0.3, 0.4) is 0 Å². The summed E-state index contributed by atoms with van der Waals surface area (Å²) in [6, 6.07) is 0. The SMILES string of the molecule is CC(C)=CC(=O)OC1C2C(CC=C3CC(O)CCC32C)C2(O)CCC(C(C)O)C2(C)C1O. The highest BCUT2D eigenvalue weighted by atomic mass is 16.6. The molecule has 0 radical (unpaired) electrons. The normalized spacial score (nSPS) is 48.6. The molecule has 10 unspecified atom stereocenters. The second-order valence-electron chi connectivity index (χ2n) is 11.6. The first-order valence-corrected chi connectivity index (χ1v) is 12.2. The number of aliphatic hydroxyl groups excluding tert-OH is 3. The maximum atomic E-state index is 12.8. The topological polar surface area (TPSA) is 107 Å². The summed E-state index contributed by atoms with van der Waals surface area (Å²) in [6.45, 7) is 9.38. The molecule has 0 heterocycles. The van der Waals surface area contributed by atoms with Gasteiger partial charge in [0.05, 0.1) is 23.9 Å². The van der Waals surface area contributed by atoms with Crippen LogP contribution in [-0.2, 0) is 9.53 Å². The second kappa shape index (κ2) is 7.93. The summed E-state index contributed by atoms with van der Waals surface area (Å²) >= 11 is 0. The summed E-state index contributed by atoms with van der Waals surface area (Å²) in [5, 5.41) is 44.9. The van der Waals surface area contributed by atoms with Crippen LogP contribution in [0.1, 0.15) is 73.1 Å². The van der Waals surface area contributed by atoms with Gasteiger partial charge >= 0.3 is 5.97 Å². The molecule has 4 aliphatic rings. The summed E-state index contributed by atoms with van der Waals surface area (Å²) in [4.78, 5) is 12.8. The van der Waals surface area contributed by atoms with E-state index in [9.17, 15) is 25.2 Å². The number of fused-ring (bicyclic) bond motifs is 5. The number of hydrogen-bond acceptors (Lipinski definition) is 6. The smallest absolute Gasteiger partial charge is 0.331 e. The zero-order valence-corrected chi connectivity index (χ0v) is 20.0. The van der Waals surface area contributed by atoms with Crippen molar-refractivity contribution in [3.63, 3.8) is 0 Å². The largest absolute Gasteiger partial charge is 0.456 e. The lowest BCUT2D eigenvalue weighted by molar-refractivity contribution is -0.274. The molecule has 3 fully saturated rings. The summed E-state index contributed by atoms with van der Waals surface area (Å²) in [7, 11) is 0. The Bertz CT molecular complexity index is 828. The van der Waals surface area contributed by atoms with Gasteiger partial charge in [0.1, 0.15) is 6.10 Å². The lowest BCUT2D eigenvalue weighted by Gasteiger charge is -2.64. The van der Waals surface area contributed by atoms with Crippen molar-refractivity contribution in [3.05, 3.63) is 23.3 Å². The van der Waals surface area contributed by atoms with E-state index < -0.39 is 35.3 Å². The zero-order valence-electron chi connectivity index (χ0n) is 20.0. The fourth-order valence-corrected chi connectivity index (χ4v) is 8.00. The molecule has 180 valence electrons. The standard InChI is InChI=1S/C26H40O6/c1-14(2)12-20(29)32-22-21-19(7-6-16-13-17(28)8-10-24(16,21)4)26(31)11-9-18(15(3)27)25(26,5)23(22)30/h6,12,15,17-19,21-23,27-28,30-31H,7-11,13H2,1-5H3. The van der Waals surface area contributed by atoms with Gasteiger partial charge in [-0.15, -0.1) is 0 Å². The van der Waals surface area contributed by atoms with Crippen molar-refractivity contribution in [3.8, 4) is 0 Å². The number of ether oxygens (including phenoxy) is 1. The van der Waals surface area contributed by atoms with Gasteiger partial charge in [-0.05, 0) is 76.5 Å². The molecule has 4 rings (SSSR count). The van der Waals surface area contributed by atoms with Crippen molar-refractivity contribution < 1.29 is 30.0 Å². The molecule has 32 heavy (non-hydrogen) atoms. The Balaban J connectivity index is 1.84. The van der Waals surface area contributed by atoms with E-state index in [4.69, 9.17) is 4.74 Å². The average Bonchev–Trinajstić information content (AvgIpc) is 2.98. The Hall–Kier alpha value is -1.21. The maximum Gasteiger partial charge on any atom is 0.331 e. The van der Waals surface area contributed by atoms with Crippen LogP contribution < -0.4 is 0 Å². The van der Waals surface area contributed by atoms with Gasteiger partial charge < -0.3 is 25.2 Å². The molecular formula is C26H40O6. The van der Waals surface area contributed by atoms with Crippen LogP contribution in [0.15, 0.2) is 23.3 Å². The summed E-state index contributed by atoms with van der Waals surface area (Å²) in [6.07, 6.45) is 4.33. The summed E-state index contributed by atoms with van der Waals surface area (Å²) in [5.41, 5.74) is -0.573. The molecule has 4 aliphatic carbocycles. The Kier molecular flexibility index (Phi) is 5.93. The highest BCUT2D eigenvalue weighted by Gasteiger charge is 2.73. The number of hydrogen-bond donors (Lipinski definition) is 4. The first-order valence-electron chi connectivity index (χ1n) is 12.2. The quantitative estimate of drug-likeness (QED) is 0.300. The third-order valence-electron chi connectivity index (χ3n) is 9.65. The number of esters is 1. The Morgan fingerprint density at radius 1 is 1.22 bits per heavy atom. The van der Waals surface area contributed by atoms with Crippen molar-refractivity contribution in [2.75, 3.05) is 0 Å². The Labute approximate surface area is 191 Å². The maximum absolute atomic E-state index is 12.8. The van der Waals surface area contributed by atoms with E-state index in [1.165, 1.54) is 6.08 Å². The van der Waals surface area contributed by atoms with Gasteiger partial charge in [-0.2, -0.15) is 0 Å². The number of rotatable bonds is 3. The van der Waals surface area contributed by atoms with Crippen LogP contribution in [0.25, 0.3) is 0 Å². The van der Waals surface area contributed by atoms with Crippen LogP contribution in [0.2, 0.25) is 0 Å². The minimum Gasteiger partial charge on any atom is -0.456 e. The van der Waals surface area contributed by atoms with E-state index in [0.717, 1.165) is 17.6 Å². The predicted molar refractivity (Wildman–Crippen MR) is 120 cm³/mol. The third kappa shape index (κ3) is 3.24. The molecule has 4 N–H and O–H groups in total. The summed E-state index contributed by atoms with van der Waals surface area (Å²) in [5.74, 6) is -1.23. The lowest BCUT2D eigenvalue weighted by atomic mass is 9.44. The van der Waals surface area contributed by atoms with Crippen molar-refractivity contribution >= 4 is 5.97 Å². The molecule has 3 saturated carbocycles. The molecule has 0 bridgehead atoms. The minimum absolute atomic E-state index is 0.201. The highest BCUT2D eigenvalue weighted by Crippen LogP contribution is 2.68. The average molecular weight is 449 g/mol. The first-order chi connectivity index (χ1) is 14.9. The molecular weight excluding hydrogens is 408 g/mol. The molecule has 0 aromatic carbocycles. The molecule has 0 aromatic heterocycles. The number of carbonyl (C=O) groups excluding carboxylic acids is 1. The lowest BCUT2D eigenvalue weighted by Crippen LogP contribution is -2.72. The van der Waals surface area contributed by atoms with Crippen LogP contribution in [-0.4, -0.2) is 56.4 Å². The Morgan fingerprint density at radius 2 is 1.91 bits per heavy atom. The van der Waals surface area contributed by atoms with E-state index in [0.29, 0.717) is 32.1 Å². The van der Waals surface area contributed by atoms with E-state index in [-0.39, 0.29) is 29.3 Å². The fourth-order valence-electron chi connectivity index (χ4n) is 8.00. The third-order valence-corrected chi connectivity index (χ3v) is 9.65. The molecule has 0 aromatic rings. The fraction of sp³-hybridized carbons (Fsp3) is 0.808. The van der Waals surface area contributed by atoms with Crippen LogP contribution in [0.4, 0.5) is 0 Å². The van der Waals surface area contributed by atoms with E-state index >= 15 is 0 Å². The van der Waals surface area contributed by atoms with Crippen molar-refractivity contribution in [1.82, 2.24) is 0 Å². The minimum atomic E-state index is -1.17. The summed E-state index contributed by atoms with van der Waals surface area (Å²) < 4.78 is 6.02. The van der Waals surface area contributed by atoms with Gasteiger partial charge in [0.15, 0.2) is 0 Å². The van der Waals surface area contributed by atoms with Gasteiger partial charge in [-0.3, -0.25) is 0 Å². The van der Waals surface area contributed by atoms with Gasteiger partial charge in [-0.1, -0.05) is 31.1 Å². The number of aliphatic hydroxyl groups is 4. The van der Waals surface area contributed by atoms with Crippen molar-refractivity contribution in [2.45, 2.75) is 103 Å². The van der Waals surface area contributed by atoms with Gasteiger partial charge in [0, 0.05) is 17.4 Å². The van der Waals surface area contributed by atoms with Crippen LogP contribution in [0.5, 0.6) is 0 Å². The van der Waals surface area contributed by atoms with Gasteiger partial charge in [0.2, 0.25) is 0 Å². The molecule has 10 atom stereocenters. The van der Waals surface area contributed by atoms with Crippen molar-refractivity contribution in [2.24, 2.45) is 28.6 Å². The predicted octanol–water partition coefficient (Wildman–Crippen LogP) is 2.88. The molecule has 0 spiro atoms. The molecule has 0 aliphatic heterocycles. The molecule has 0 saturated heterocycles. The molecule has 6 heteroatoms. The highest BCUT2D eigenvalue weighted by molar-refractivity contribution is 5.82.